The molecule has 1 aliphatic heterocycles. The highest BCUT2D eigenvalue weighted by Crippen LogP contribution is 2.46. The van der Waals surface area contributed by atoms with E-state index < -0.39 is 0 Å². The fraction of sp³-hybridized carbons (Fsp3) is 1.00. The number of aliphatic hydroxyl groups excluding tert-OH is 2. The van der Waals surface area contributed by atoms with Crippen molar-refractivity contribution in [1.29, 1.82) is 0 Å². The standard InChI is InChI=1S/C11H21NO2/c13-6-5-12-7-10-3-1-2-4-11(10,8-12)9-14/h10,13-14H,1-9H2/t10-,11-/m1/s1. The molecule has 1 aliphatic carbocycles. The number of aliphatic hydroxyl groups is 2. The largest absolute Gasteiger partial charge is 0.396 e. The summed E-state index contributed by atoms with van der Waals surface area (Å²) in [5, 5.41) is 18.5. The van der Waals surface area contributed by atoms with Gasteiger partial charge in [0.15, 0.2) is 0 Å². The minimum Gasteiger partial charge on any atom is -0.396 e. The first kappa shape index (κ1) is 10.4. The van der Waals surface area contributed by atoms with Crippen LogP contribution in [-0.4, -0.2) is 48.0 Å². The molecule has 0 radical (unpaired) electrons. The van der Waals surface area contributed by atoms with Gasteiger partial charge in [-0.25, -0.2) is 0 Å². The Morgan fingerprint density at radius 1 is 1.29 bits per heavy atom. The Balaban J connectivity index is 2.03. The molecule has 0 spiro atoms. The van der Waals surface area contributed by atoms with Gasteiger partial charge in [0.2, 0.25) is 0 Å². The second-order valence-corrected chi connectivity index (χ2v) is 4.92. The average Bonchev–Trinajstić information content (AvgIpc) is 2.57. The first-order valence-corrected chi connectivity index (χ1v) is 5.75. The van der Waals surface area contributed by atoms with Crippen LogP contribution in [0.3, 0.4) is 0 Å². The first-order valence-electron chi connectivity index (χ1n) is 5.75. The molecular formula is C11H21NO2. The molecule has 1 saturated carbocycles. The van der Waals surface area contributed by atoms with Crippen molar-refractivity contribution in [2.45, 2.75) is 25.7 Å². The summed E-state index contributed by atoms with van der Waals surface area (Å²) in [5.41, 5.74) is 0.174. The Morgan fingerprint density at radius 2 is 2.14 bits per heavy atom. The minimum atomic E-state index is 0.174. The molecule has 0 aromatic rings. The summed E-state index contributed by atoms with van der Waals surface area (Å²) < 4.78 is 0. The normalized spacial score (nSPS) is 38.6. The van der Waals surface area contributed by atoms with E-state index in [0.717, 1.165) is 19.6 Å². The number of likely N-dealkylation sites (tertiary alicyclic amines) is 1. The van der Waals surface area contributed by atoms with Gasteiger partial charge in [0.1, 0.15) is 0 Å². The van der Waals surface area contributed by atoms with Crippen molar-refractivity contribution < 1.29 is 10.2 Å². The van der Waals surface area contributed by atoms with Crippen LogP contribution in [0.25, 0.3) is 0 Å². The van der Waals surface area contributed by atoms with Gasteiger partial charge in [-0.05, 0) is 18.8 Å². The van der Waals surface area contributed by atoms with Gasteiger partial charge in [-0.15, -0.1) is 0 Å². The molecular weight excluding hydrogens is 178 g/mol. The number of hydrogen-bond donors (Lipinski definition) is 2. The van der Waals surface area contributed by atoms with E-state index in [1.54, 1.807) is 0 Å². The van der Waals surface area contributed by atoms with Crippen LogP contribution in [0.5, 0.6) is 0 Å². The molecule has 2 fully saturated rings. The summed E-state index contributed by atoms with van der Waals surface area (Å²) in [7, 11) is 0. The number of rotatable bonds is 3. The number of nitrogens with zero attached hydrogens (tertiary/aromatic N) is 1. The molecule has 2 N–H and O–H groups in total. The van der Waals surface area contributed by atoms with Crippen molar-refractivity contribution in [3.63, 3.8) is 0 Å². The van der Waals surface area contributed by atoms with Crippen LogP contribution >= 0.6 is 0 Å². The average molecular weight is 199 g/mol. The second kappa shape index (κ2) is 4.17. The van der Waals surface area contributed by atoms with Gasteiger partial charge in [-0.3, -0.25) is 0 Å². The summed E-state index contributed by atoms with van der Waals surface area (Å²) in [6, 6.07) is 0. The molecule has 3 nitrogen and oxygen atoms in total. The predicted octanol–water partition coefficient (Wildman–Crippen LogP) is 0.463. The summed E-state index contributed by atoms with van der Waals surface area (Å²) in [6.07, 6.45) is 5.03. The lowest BCUT2D eigenvalue weighted by molar-refractivity contribution is 0.0575. The Kier molecular flexibility index (Phi) is 3.10. The zero-order valence-electron chi connectivity index (χ0n) is 8.78. The second-order valence-electron chi connectivity index (χ2n) is 4.92. The van der Waals surface area contributed by atoms with E-state index in [9.17, 15) is 5.11 Å². The molecule has 2 aliphatic rings. The quantitative estimate of drug-likeness (QED) is 0.694. The third kappa shape index (κ3) is 1.69. The maximum absolute atomic E-state index is 9.55. The summed E-state index contributed by atoms with van der Waals surface area (Å²) in [6.45, 7) is 3.43. The van der Waals surface area contributed by atoms with Crippen LogP contribution in [0.15, 0.2) is 0 Å². The van der Waals surface area contributed by atoms with E-state index in [4.69, 9.17) is 5.11 Å². The van der Waals surface area contributed by atoms with Crippen LogP contribution in [0.4, 0.5) is 0 Å². The van der Waals surface area contributed by atoms with Crippen LogP contribution in [-0.2, 0) is 0 Å². The van der Waals surface area contributed by atoms with Gasteiger partial charge in [0, 0.05) is 25.0 Å². The molecule has 14 heavy (non-hydrogen) atoms. The fourth-order valence-corrected chi connectivity index (χ4v) is 3.26. The molecule has 2 atom stereocenters. The highest BCUT2D eigenvalue weighted by molar-refractivity contribution is 4.98. The first-order chi connectivity index (χ1) is 6.80. The Hall–Kier alpha value is -0.120. The maximum atomic E-state index is 9.55. The van der Waals surface area contributed by atoms with Crippen LogP contribution < -0.4 is 0 Å². The fourth-order valence-electron chi connectivity index (χ4n) is 3.26. The third-order valence-corrected chi connectivity index (χ3v) is 4.09. The lowest BCUT2D eigenvalue weighted by Gasteiger charge is -2.36. The topological polar surface area (TPSA) is 43.7 Å². The molecule has 0 amide bonds. The van der Waals surface area contributed by atoms with Crippen molar-refractivity contribution in [2.24, 2.45) is 11.3 Å². The molecule has 0 bridgehead atoms. The van der Waals surface area contributed by atoms with Gasteiger partial charge in [0.05, 0.1) is 13.2 Å². The van der Waals surface area contributed by atoms with Gasteiger partial charge in [-0.2, -0.15) is 0 Å². The summed E-state index contributed by atoms with van der Waals surface area (Å²) in [4.78, 5) is 2.31. The highest BCUT2D eigenvalue weighted by Gasteiger charge is 2.46. The smallest absolute Gasteiger partial charge is 0.0558 e. The van der Waals surface area contributed by atoms with E-state index in [1.807, 2.05) is 0 Å². The van der Waals surface area contributed by atoms with E-state index in [2.05, 4.69) is 4.90 Å². The molecule has 0 unspecified atom stereocenters. The molecule has 2 rings (SSSR count). The van der Waals surface area contributed by atoms with E-state index >= 15 is 0 Å². The molecule has 1 saturated heterocycles. The Labute approximate surface area is 85.7 Å². The lowest BCUT2D eigenvalue weighted by Crippen LogP contribution is -2.37. The maximum Gasteiger partial charge on any atom is 0.0558 e. The number of β-amino-alcohol motifs (C(OH)–C–C–N with tert-alkyl or cyclic N) is 1. The van der Waals surface area contributed by atoms with Gasteiger partial charge >= 0.3 is 0 Å². The predicted molar refractivity (Wildman–Crippen MR) is 55.0 cm³/mol. The summed E-state index contributed by atoms with van der Waals surface area (Å²) >= 11 is 0. The van der Waals surface area contributed by atoms with Gasteiger partial charge in [-0.1, -0.05) is 12.8 Å². The molecule has 0 aromatic carbocycles. The van der Waals surface area contributed by atoms with E-state index in [0.29, 0.717) is 12.5 Å². The van der Waals surface area contributed by atoms with Crippen molar-refractivity contribution >= 4 is 0 Å². The molecule has 1 heterocycles. The van der Waals surface area contributed by atoms with Crippen molar-refractivity contribution in [3.05, 3.63) is 0 Å². The lowest BCUT2D eigenvalue weighted by atomic mass is 9.69. The number of hydrogen-bond acceptors (Lipinski definition) is 3. The van der Waals surface area contributed by atoms with E-state index in [-0.39, 0.29) is 12.0 Å². The monoisotopic (exact) mass is 199 g/mol. The minimum absolute atomic E-state index is 0.174. The van der Waals surface area contributed by atoms with Crippen LogP contribution in [0.1, 0.15) is 25.7 Å². The molecule has 3 heteroatoms. The number of fused-ring (bicyclic) bond motifs is 1. The summed E-state index contributed by atoms with van der Waals surface area (Å²) in [5.74, 6) is 0.674. The highest BCUT2D eigenvalue weighted by atomic mass is 16.3. The zero-order chi connectivity index (χ0) is 10.0. The Morgan fingerprint density at radius 3 is 2.79 bits per heavy atom. The molecule has 0 aromatic heterocycles. The van der Waals surface area contributed by atoms with E-state index in [1.165, 1.54) is 25.7 Å². The Bertz CT molecular complexity index is 198. The van der Waals surface area contributed by atoms with Crippen LogP contribution in [0, 0.1) is 11.3 Å². The van der Waals surface area contributed by atoms with Gasteiger partial charge < -0.3 is 15.1 Å². The van der Waals surface area contributed by atoms with Crippen molar-refractivity contribution in [1.82, 2.24) is 4.90 Å². The van der Waals surface area contributed by atoms with Crippen molar-refractivity contribution in [3.8, 4) is 0 Å². The third-order valence-electron chi connectivity index (χ3n) is 4.09. The zero-order valence-corrected chi connectivity index (χ0v) is 8.78. The SMILES string of the molecule is OCCN1C[C@H]2CCCC[C@]2(CO)C1. The molecule has 82 valence electrons. The van der Waals surface area contributed by atoms with Gasteiger partial charge in [0.25, 0.3) is 0 Å². The van der Waals surface area contributed by atoms with Crippen LogP contribution in [0.2, 0.25) is 0 Å². The van der Waals surface area contributed by atoms with Crippen molar-refractivity contribution in [2.75, 3.05) is 32.8 Å².